The third-order valence-corrected chi connectivity index (χ3v) is 3.64. The van der Waals surface area contributed by atoms with Gasteiger partial charge in [0.1, 0.15) is 5.75 Å². The molecule has 2 rings (SSSR count). The molecular weight excluding hydrogens is 300 g/mol. The minimum absolute atomic E-state index is 0.00948. The van der Waals surface area contributed by atoms with Gasteiger partial charge in [-0.05, 0) is 30.7 Å². The van der Waals surface area contributed by atoms with Crippen molar-refractivity contribution in [2.45, 2.75) is 13.0 Å². The van der Waals surface area contributed by atoms with Crippen LogP contribution in [0.1, 0.15) is 18.5 Å². The monoisotopic (exact) mass is 318 g/mol. The Morgan fingerprint density at radius 2 is 2.00 bits per heavy atom. The van der Waals surface area contributed by atoms with Gasteiger partial charge in [0, 0.05) is 22.8 Å². The molecule has 0 aliphatic rings. The number of halogens is 1. The lowest BCUT2D eigenvalue weighted by Gasteiger charge is -2.15. The van der Waals surface area contributed by atoms with Gasteiger partial charge in [-0.15, -0.1) is 0 Å². The molecule has 0 saturated carbocycles. The van der Waals surface area contributed by atoms with Crippen molar-refractivity contribution < 1.29 is 9.53 Å². The number of carbonyl (C=O) groups is 1. The van der Waals surface area contributed by atoms with Crippen LogP contribution in [0.15, 0.2) is 48.5 Å². The first-order valence-electron chi connectivity index (χ1n) is 7.02. The minimum Gasteiger partial charge on any atom is -0.497 e. The Morgan fingerprint density at radius 3 is 2.73 bits per heavy atom. The number of carbonyl (C=O) groups excluding carboxylic acids is 1. The largest absolute Gasteiger partial charge is 0.497 e. The standard InChI is InChI=1S/C17H19ClN2O2/c1-12(15-8-3-4-9-16(15)18)19-11-17(21)20-13-6-5-7-14(10-13)22-2/h3-10,12,19H,11H2,1-2H3,(H,20,21)/t12-/m0/s1. The van der Waals surface area contributed by atoms with Gasteiger partial charge in [-0.25, -0.2) is 0 Å². The number of ether oxygens (including phenoxy) is 1. The van der Waals surface area contributed by atoms with Crippen LogP contribution >= 0.6 is 11.6 Å². The average molecular weight is 319 g/mol. The van der Waals surface area contributed by atoms with Crippen LogP contribution in [0.4, 0.5) is 5.69 Å². The first-order valence-corrected chi connectivity index (χ1v) is 7.39. The van der Waals surface area contributed by atoms with Gasteiger partial charge in [-0.3, -0.25) is 4.79 Å². The number of hydrogen-bond donors (Lipinski definition) is 2. The van der Waals surface area contributed by atoms with E-state index in [-0.39, 0.29) is 18.5 Å². The molecule has 0 saturated heterocycles. The number of methoxy groups -OCH3 is 1. The van der Waals surface area contributed by atoms with Gasteiger partial charge in [0.05, 0.1) is 13.7 Å². The average Bonchev–Trinajstić information content (AvgIpc) is 2.53. The molecular formula is C17H19ClN2O2. The number of rotatable bonds is 6. The van der Waals surface area contributed by atoms with Crippen LogP contribution in [0.25, 0.3) is 0 Å². The Balaban J connectivity index is 1.88. The Bertz CT molecular complexity index is 646. The molecule has 0 unspecified atom stereocenters. The van der Waals surface area contributed by atoms with Crippen molar-refractivity contribution in [2.75, 3.05) is 19.0 Å². The summed E-state index contributed by atoms with van der Waals surface area (Å²) >= 11 is 6.14. The van der Waals surface area contributed by atoms with Gasteiger partial charge in [-0.2, -0.15) is 0 Å². The van der Waals surface area contributed by atoms with E-state index in [1.54, 1.807) is 13.2 Å². The number of amides is 1. The fraction of sp³-hybridized carbons (Fsp3) is 0.235. The lowest BCUT2D eigenvalue weighted by atomic mass is 10.1. The van der Waals surface area contributed by atoms with Crippen LogP contribution in [-0.2, 0) is 4.79 Å². The summed E-state index contributed by atoms with van der Waals surface area (Å²) in [6, 6.07) is 14.8. The highest BCUT2D eigenvalue weighted by Crippen LogP contribution is 2.22. The maximum Gasteiger partial charge on any atom is 0.238 e. The highest BCUT2D eigenvalue weighted by molar-refractivity contribution is 6.31. The zero-order valence-corrected chi connectivity index (χ0v) is 13.4. The summed E-state index contributed by atoms with van der Waals surface area (Å²) in [6.45, 7) is 2.17. The Morgan fingerprint density at radius 1 is 1.23 bits per heavy atom. The maximum absolute atomic E-state index is 12.0. The van der Waals surface area contributed by atoms with E-state index in [0.717, 1.165) is 5.56 Å². The van der Waals surface area contributed by atoms with E-state index < -0.39 is 0 Å². The number of anilines is 1. The van der Waals surface area contributed by atoms with Gasteiger partial charge in [-0.1, -0.05) is 35.9 Å². The van der Waals surface area contributed by atoms with Gasteiger partial charge < -0.3 is 15.4 Å². The second-order valence-electron chi connectivity index (χ2n) is 4.90. The third kappa shape index (κ3) is 4.48. The first kappa shape index (κ1) is 16.3. The van der Waals surface area contributed by atoms with Crippen molar-refractivity contribution in [1.29, 1.82) is 0 Å². The van der Waals surface area contributed by atoms with Gasteiger partial charge in [0.25, 0.3) is 0 Å². The van der Waals surface area contributed by atoms with E-state index >= 15 is 0 Å². The van der Waals surface area contributed by atoms with Crippen LogP contribution in [0, 0.1) is 0 Å². The summed E-state index contributed by atoms with van der Waals surface area (Å²) in [5, 5.41) is 6.67. The second kappa shape index (κ2) is 7.82. The lowest BCUT2D eigenvalue weighted by Crippen LogP contribution is -2.30. The third-order valence-electron chi connectivity index (χ3n) is 3.29. The summed E-state index contributed by atoms with van der Waals surface area (Å²) in [4.78, 5) is 12.0. The summed E-state index contributed by atoms with van der Waals surface area (Å²) in [5.74, 6) is 0.586. The first-order chi connectivity index (χ1) is 10.6. The van der Waals surface area contributed by atoms with Crippen LogP contribution in [0.2, 0.25) is 5.02 Å². The van der Waals surface area contributed by atoms with Crippen molar-refractivity contribution in [3.05, 3.63) is 59.1 Å². The number of hydrogen-bond acceptors (Lipinski definition) is 3. The van der Waals surface area contributed by atoms with E-state index in [1.165, 1.54) is 0 Å². The Kier molecular flexibility index (Phi) is 5.81. The zero-order valence-electron chi connectivity index (χ0n) is 12.6. The highest BCUT2D eigenvalue weighted by Gasteiger charge is 2.10. The van der Waals surface area contributed by atoms with Crippen molar-refractivity contribution in [1.82, 2.24) is 5.32 Å². The van der Waals surface area contributed by atoms with E-state index in [9.17, 15) is 4.79 Å². The fourth-order valence-electron chi connectivity index (χ4n) is 2.09. The molecule has 0 bridgehead atoms. The van der Waals surface area contributed by atoms with Gasteiger partial charge in [0.15, 0.2) is 0 Å². The predicted octanol–water partition coefficient (Wildman–Crippen LogP) is 3.64. The lowest BCUT2D eigenvalue weighted by molar-refractivity contribution is -0.115. The van der Waals surface area contributed by atoms with Crippen molar-refractivity contribution in [3.8, 4) is 5.75 Å². The summed E-state index contributed by atoms with van der Waals surface area (Å²) < 4.78 is 5.12. The Hall–Kier alpha value is -2.04. The molecule has 0 fully saturated rings. The normalized spacial score (nSPS) is 11.8. The van der Waals surface area contributed by atoms with E-state index in [4.69, 9.17) is 16.3 Å². The van der Waals surface area contributed by atoms with E-state index in [1.807, 2.05) is 49.4 Å². The van der Waals surface area contributed by atoms with Crippen molar-refractivity contribution in [2.24, 2.45) is 0 Å². The molecule has 0 aromatic heterocycles. The van der Waals surface area contributed by atoms with Gasteiger partial charge in [0.2, 0.25) is 5.91 Å². The van der Waals surface area contributed by atoms with Crippen LogP contribution < -0.4 is 15.4 Å². The molecule has 4 nitrogen and oxygen atoms in total. The molecule has 116 valence electrons. The molecule has 0 radical (unpaired) electrons. The van der Waals surface area contributed by atoms with Crippen LogP contribution in [0.3, 0.4) is 0 Å². The molecule has 5 heteroatoms. The number of benzene rings is 2. The van der Waals surface area contributed by atoms with Crippen LogP contribution in [0.5, 0.6) is 5.75 Å². The number of nitrogens with one attached hydrogen (secondary N) is 2. The van der Waals surface area contributed by atoms with Gasteiger partial charge >= 0.3 is 0 Å². The van der Waals surface area contributed by atoms with E-state index in [2.05, 4.69) is 10.6 Å². The second-order valence-corrected chi connectivity index (χ2v) is 5.31. The molecule has 22 heavy (non-hydrogen) atoms. The summed E-state index contributed by atoms with van der Waals surface area (Å²) in [6.07, 6.45) is 0. The summed E-state index contributed by atoms with van der Waals surface area (Å²) in [7, 11) is 1.59. The quantitative estimate of drug-likeness (QED) is 0.855. The molecule has 0 aliphatic heterocycles. The van der Waals surface area contributed by atoms with Crippen molar-refractivity contribution in [3.63, 3.8) is 0 Å². The molecule has 0 heterocycles. The predicted molar refractivity (Wildman–Crippen MR) is 89.5 cm³/mol. The summed E-state index contributed by atoms with van der Waals surface area (Å²) in [5.41, 5.74) is 1.68. The minimum atomic E-state index is -0.118. The molecule has 2 aromatic rings. The topological polar surface area (TPSA) is 50.4 Å². The molecule has 2 N–H and O–H groups in total. The van der Waals surface area contributed by atoms with Crippen LogP contribution in [-0.4, -0.2) is 19.6 Å². The van der Waals surface area contributed by atoms with Crippen molar-refractivity contribution >= 4 is 23.2 Å². The SMILES string of the molecule is COc1cccc(NC(=O)CN[C@@H](C)c2ccccc2Cl)c1. The highest BCUT2D eigenvalue weighted by atomic mass is 35.5. The molecule has 1 atom stereocenters. The fourth-order valence-corrected chi connectivity index (χ4v) is 2.39. The molecule has 1 amide bonds. The Labute approximate surface area is 135 Å². The zero-order chi connectivity index (χ0) is 15.9. The molecule has 0 spiro atoms. The smallest absolute Gasteiger partial charge is 0.238 e. The molecule has 2 aromatic carbocycles. The maximum atomic E-state index is 12.0. The molecule has 0 aliphatic carbocycles. The van der Waals surface area contributed by atoms with E-state index in [0.29, 0.717) is 16.5 Å².